The van der Waals surface area contributed by atoms with Crippen LogP contribution >= 0.6 is 0 Å². The molecule has 2 aliphatic rings. The second-order valence-electron chi connectivity index (χ2n) is 5.45. The van der Waals surface area contributed by atoms with Crippen LogP contribution in [0.1, 0.15) is 18.2 Å². The van der Waals surface area contributed by atoms with Crippen LogP contribution in [0.15, 0.2) is 28.8 Å². The number of urea groups is 1. The Hall–Kier alpha value is -2.41. The molecule has 0 bridgehead atoms. The van der Waals surface area contributed by atoms with Crippen LogP contribution < -0.4 is 10.2 Å². The molecule has 1 atom stereocenters. The summed E-state index contributed by atoms with van der Waals surface area (Å²) in [5.41, 5.74) is 1.64. The molecule has 7 nitrogen and oxygen atoms in total. The molecule has 2 amide bonds. The number of nitrogens with one attached hydrogen (secondary N) is 1. The van der Waals surface area contributed by atoms with Gasteiger partial charge < -0.3 is 14.6 Å². The van der Waals surface area contributed by atoms with Gasteiger partial charge in [0.25, 0.3) is 5.89 Å². The molecule has 0 aliphatic carbocycles. The highest BCUT2D eigenvalue weighted by Crippen LogP contribution is 2.28. The van der Waals surface area contributed by atoms with Gasteiger partial charge in [0.1, 0.15) is 0 Å². The number of carbonyl (C=O) groups is 1. The Morgan fingerprint density at radius 2 is 2.32 bits per heavy atom. The highest BCUT2D eigenvalue weighted by atomic mass is 16.5. The average Bonchev–Trinajstić information content (AvgIpc) is 3.28. The molecule has 4 rings (SSSR count). The van der Waals surface area contributed by atoms with E-state index in [0.29, 0.717) is 31.4 Å². The van der Waals surface area contributed by atoms with Gasteiger partial charge in [0, 0.05) is 36.9 Å². The molecule has 1 N–H and O–H groups in total. The first kappa shape index (κ1) is 13.3. The molecule has 0 radical (unpaired) electrons. The summed E-state index contributed by atoms with van der Waals surface area (Å²) >= 11 is 0. The number of anilines is 1. The first-order valence-electron chi connectivity index (χ1n) is 7.38. The van der Waals surface area contributed by atoms with Crippen molar-refractivity contribution in [1.29, 1.82) is 0 Å². The van der Waals surface area contributed by atoms with E-state index in [1.807, 2.05) is 24.3 Å². The predicted molar refractivity (Wildman–Crippen MR) is 78.7 cm³/mol. The molecule has 1 aromatic carbocycles. The maximum atomic E-state index is 11.8. The van der Waals surface area contributed by atoms with Gasteiger partial charge in [-0.15, -0.1) is 0 Å². The molecular weight excluding hydrogens is 284 g/mol. The largest absolute Gasteiger partial charge is 0.381 e. The maximum Gasteiger partial charge on any atom is 0.321 e. The van der Waals surface area contributed by atoms with Crippen LogP contribution in [0.5, 0.6) is 0 Å². The number of ether oxygens (including phenoxy) is 1. The van der Waals surface area contributed by atoms with Crippen molar-refractivity contribution in [2.45, 2.75) is 12.3 Å². The van der Waals surface area contributed by atoms with Crippen LogP contribution in [0.3, 0.4) is 0 Å². The summed E-state index contributed by atoms with van der Waals surface area (Å²) in [5.74, 6) is 1.38. The number of nitrogens with zero attached hydrogens (tertiary/aromatic N) is 3. The molecule has 0 saturated carbocycles. The third-order valence-corrected chi connectivity index (χ3v) is 4.00. The van der Waals surface area contributed by atoms with E-state index in [-0.39, 0.29) is 11.9 Å². The molecule has 2 saturated heterocycles. The van der Waals surface area contributed by atoms with Crippen molar-refractivity contribution < 1.29 is 14.1 Å². The highest BCUT2D eigenvalue weighted by Gasteiger charge is 2.24. The summed E-state index contributed by atoms with van der Waals surface area (Å²) < 4.78 is 10.7. The molecule has 2 aliphatic heterocycles. The van der Waals surface area contributed by atoms with Gasteiger partial charge in [-0.1, -0.05) is 11.2 Å². The number of hydrogen-bond acceptors (Lipinski definition) is 5. The molecule has 3 heterocycles. The summed E-state index contributed by atoms with van der Waals surface area (Å²) in [6, 6.07) is 7.51. The Morgan fingerprint density at radius 1 is 1.36 bits per heavy atom. The minimum Gasteiger partial charge on any atom is -0.381 e. The number of hydrogen-bond donors (Lipinski definition) is 1. The summed E-state index contributed by atoms with van der Waals surface area (Å²) in [6.45, 7) is 2.72. The Balaban J connectivity index is 1.61. The van der Waals surface area contributed by atoms with Crippen molar-refractivity contribution in [3.05, 3.63) is 30.1 Å². The van der Waals surface area contributed by atoms with Crippen LogP contribution in [-0.4, -0.2) is 42.5 Å². The van der Waals surface area contributed by atoms with E-state index >= 15 is 0 Å². The number of aromatic nitrogens is 2. The van der Waals surface area contributed by atoms with Gasteiger partial charge in [-0.3, -0.25) is 4.90 Å². The molecule has 2 fully saturated rings. The van der Waals surface area contributed by atoms with E-state index in [4.69, 9.17) is 9.26 Å². The molecule has 114 valence electrons. The monoisotopic (exact) mass is 300 g/mol. The molecule has 22 heavy (non-hydrogen) atoms. The number of benzene rings is 1. The van der Waals surface area contributed by atoms with E-state index < -0.39 is 0 Å². The molecule has 7 heteroatoms. The number of rotatable bonds is 3. The maximum absolute atomic E-state index is 11.8. The lowest BCUT2D eigenvalue weighted by Crippen LogP contribution is -2.27. The SMILES string of the molecule is O=C1NCCN1c1cccc(-c2nc([C@@H]3CCOC3)no2)c1. The van der Waals surface area contributed by atoms with E-state index in [9.17, 15) is 4.79 Å². The third kappa shape index (κ3) is 2.33. The van der Waals surface area contributed by atoms with Crippen molar-refractivity contribution in [2.24, 2.45) is 0 Å². The zero-order valence-electron chi connectivity index (χ0n) is 12.0. The first-order chi connectivity index (χ1) is 10.8. The van der Waals surface area contributed by atoms with Gasteiger partial charge in [0.15, 0.2) is 5.82 Å². The van der Waals surface area contributed by atoms with Gasteiger partial charge in [0.2, 0.25) is 0 Å². The fraction of sp³-hybridized carbons (Fsp3) is 0.400. The molecular formula is C15H16N4O3. The normalized spacial score (nSPS) is 21.4. The van der Waals surface area contributed by atoms with Crippen LogP contribution in [0.4, 0.5) is 10.5 Å². The van der Waals surface area contributed by atoms with Gasteiger partial charge >= 0.3 is 6.03 Å². The van der Waals surface area contributed by atoms with Crippen LogP contribution in [-0.2, 0) is 4.74 Å². The van der Waals surface area contributed by atoms with E-state index in [0.717, 1.165) is 24.3 Å². The standard InChI is InChI=1S/C15H16N4O3/c20-15-16-5-6-19(15)12-3-1-2-10(8-12)14-17-13(18-22-14)11-4-7-21-9-11/h1-3,8,11H,4-7,9H2,(H,16,20)/t11-/m1/s1. The second kappa shape index (κ2) is 5.42. The Bertz CT molecular complexity index is 694. The lowest BCUT2D eigenvalue weighted by molar-refractivity contribution is 0.192. The Kier molecular flexibility index (Phi) is 3.27. The van der Waals surface area contributed by atoms with Gasteiger partial charge in [-0.05, 0) is 24.6 Å². The van der Waals surface area contributed by atoms with Crippen molar-refractivity contribution in [2.75, 3.05) is 31.2 Å². The fourth-order valence-electron chi connectivity index (χ4n) is 2.78. The molecule has 0 unspecified atom stereocenters. The summed E-state index contributed by atoms with van der Waals surface area (Å²) in [4.78, 5) is 17.9. The zero-order valence-corrected chi connectivity index (χ0v) is 12.0. The van der Waals surface area contributed by atoms with Crippen molar-refractivity contribution in [3.63, 3.8) is 0 Å². The van der Waals surface area contributed by atoms with Gasteiger partial charge in [-0.2, -0.15) is 4.98 Å². The quantitative estimate of drug-likeness (QED) is 0.934. The van der Waals surface area contributed by atoms with Crippen molar-refractivity contribution in [3.8, 4) is 11.5 Å². The minimum absolute atomic E-state index is 0.0773. The van der Waals surface area contributed by atoms with E-state index in [1.165, 1.54) is 0 Å². The Labute approximate surface area is 127 Å². The Morgan fingerprint density at radius 3 is 3.09 bits per heavy atom. The third-order valence-electron chi connectivity index (χ3n) is 4.00. The summed E-state index contributed by atoms with van der Waals surface area (Å²) in [6.07, 6.45) is 0.924. The first-order valence-corrected chi connectivity index (χ1v) is 7.38. The minimum atomic E-state index is -0.0773. The predicted octanol–water partition coefficient (Wildman–Crippen LogP) is 1.77. The van der Waals surface area contributed by atoms with Crippen molar-refractivity contribution >= 4 is 11.7 Å². The van der Waals surface area contributed by atoms with E-state index in [1.54, 1.807) is 4.90 Å². The number of carbonyl (C=O) groups excluding carboxylic acids is 1. The molecule has 1 aromatic heterocycles. The highest BCUT2D eigenvalue weighted by molar-refractivity contribution is 5.94. The van der Waals surface area contributed by atoms with Crippen LogP contribution in [0.25, 0.3) is 11.5 Å². The van der Waals surface area contributed by atoms with Crippen LogP contribution in [0.2, 0.25) is 0 Å². The van der Waals surface area contributed by atoms with Gasteiger partial charge in [0.05, 0.1) is 6.61 Å². The average molecular weight is 300 g/mol. The topological polar surface area (TPSA) is 80.5 Å². The van der Waals surface area contributed by atoms with Crippen LogP contribution in [0, 0.1) is 0 Å². The molecule has 0 spiro atoms. The zero-order chi connectivity index (χ0) is 14.9. The van der Waals surface area contributed by atoms with E-state index in [2.05, 4.69) is 15.5 Å². The fourth-order valence-corrected chi connectivity index (χ4v) is 2.78. The lowest BCUT2D eigenvalue weighted by atomic mass is 10.1. The summed E-state index contributed by atoms with van der Waals surface area (Å²) in [5, 5.41) is 6.85. The second-order valence-corrected chi connectivity index (χ2v) is 5.45. The van der Waals surface area contributed by atoms with Gasteiger partial charge in [-0.25, -0.2) is 4.79 Å². The summed E-state index contributed by atoms with van der Waals surface area (Å²) in [7, 11) is 0. The number of amides is 2. The smallest absolute Gasteiger partial charge is 0.321 e. The lowest BCUT2D eigenvalue weighted by Gasteiger charge is -2.14. The molecule has 2 aromatic rings. The van der Waals surface area contributed by atoms with Crippen molar-refractivity contribution in [1.82, 2.24) is 15.5 Å².